The highest BCUT2D eigenvalue weighted by Gasteiger charge is 2.08. The summed E-state index contributed by atoms with van der Waals surface area (Å²) in [6, 6.07) is 14.0. The van der Waals surface area contributed by atoms with E-state index in [1.807, 2.05) is 30.3 Å². The van der Waals surface area contributed by atoms with Gasteiger partial charge in [0.15, 0.2) is 5.16 Å². The average Bonchev–Trinajstić information content (AvgIpc) is 3.29. The fourth-order valence-corrected chi connectivity index (χ4v) is 4.09. The molecule has 0 saturated heterocycles. The highest BCUT2D eigenvalue weighted by atomic mass is 32.2. The number of hydrogen-bond donors (Lipinski definition) is 2. The number of carbonyl (C=O) groups excluding carboxylic acids is 1. The van der Waals surface area contributed by atoms with E-state index >= 15 is 0 Å². The molecule has 6 nitrogen and oxygen atoms in total. The van der Waals surface area contributed by atoms with Gasteiger partial charge < -0.3 is 5.32 Å². The second-order valence-electron chi connectivity index (χ2n) is 5.70. The van der Waals surface area contributed by atoms with Crippen molar-refractivity contribution in [2.45, 2.75) is 12.1 Å². The van der Waals surface area contributed by atoms with Gasteiger partial charge in [0, 0.05) is 11.3 Å². The molecule has 4 aromatic rings. The monoisotopic (exact) mass is 381 g/mol. The number of nitrogens with zero attached hydrogens (tertiary/aromatic N) is 3. The summed E-state index contributed by atoms with van der Waals surface area (Å²) < 4.78 is 1.18. The third-order valence-electron chi connectivity index (χ3n) is 3.69. The minimum atomic E-state index is -0.0883. The summed E-state index contributed by atoms with van der Waals surface area (Å²) in [5.41, 5.74) is 4.04. The summed E-state index contributed by atoms with van der Waals surface area (Å²) in [5.74, 6) is 0.184. The van der Waals surface area contributed by atoms with E-state index in [0.717, 1.165) is 21.8 Å². The highest BCUT2D eigenvalue weighted by molar-refractivity contribution is 7.99. The maximum atomic E-state index is 12.0. The summed E-state index contributed by atoms with van der Waals surface area (Å²) in [6.07, 6.45) is 1.42. The van der Waals surface area contributed by atoms with Gasteiger partial charge in [-0.05, 0) is 48.9 Å². The first-order valence-corrected chi connectivity index (χ1v) is 9.73. The summed E-state index contributed by atoms with van der Waals surface area (Å²) in [7, 11) is 0. The third-order valence-corrected chi connectivity index (χ3v) is 5.64. The number of nitrogens with one attached hydrogen (secondary N) is 2. The number of hydrogen-bond acceptors (Lipinski definition) is 6. The third kappa shape index (κ3) is 3.76. The van der Waals surface area contributed by atoms with Crippen LogP contribution in [0.25, 0.3) is 20.8 Å². The first-order chi connectivity index (χ1) is 12.7. The molecule has 0 fully saturated rings. The van der Waals surface area contributed by atoms with Crippen molar-refractivity contribution in [1.29, 1.82) is 0 Å². The van der Waals surface area contributed by atoms with Crippen LogP contribution in [0, 0.1) is 6.92 Å². The topological polar surface area (TPSA) is 83.6 Å². The van der Waals surface area contributed by atoms with E-state index in [9.17, 15) is 4.79 Å². The Bertz CT molecular complexity index is 1040. The molecule has 8 heteroatoms. The molecule has 2 aromatic carbocycles. The molecular formula is C18H15N5OS2. The van der Waals surface area contributed by atoms with Crippen molar-refractivity contribution >= 4 is 44.9 Å². The Kier molecular flexibility index (Phi) is 4.68. The number of carbonyl (C=O) groups is 1. The van der Waals surface area contributed by atoms with Gasteiger partial charge in [-0.3, -0.25) is 9.89 Å². The molecule has 0 spiro atoms. The number of amides is 1. The van der Waals surface area contributed by atoms with E-state index in [2.05, 4.69) is 44.5 Å². The lowest BCUT2D eigenvalue weighted by molar-refractivity contribution is -0.113. The van der Waals surface area contributed by atoms with Gasteiger partial charge in [-0.25, -0.2) is 9.97 Å². The number of rotatable bonds is 5. The van der Waals surface area contributed by atoms with Crippen molar-refractivity contribution in [3.05, 3.63) is 54.4 Å². The van der Waals surface area contributed by atoms with E-state index in [0.29, 0.717) is 5.16 Å². The SMILES string of the molecule is Cc1ccc2nc(-c3ccc(NC(=O)CSc4ncn[nH]4)cc3)sc2c1. The zero-order valence-corrected chi connectivity index (χ0v) is 15.5. The Balaban J connectivity index is 1.43. The normalized spacial score (nSPS) is 11.0. The summed E-state index contributed by atoms with van der Waals surface area (Å²) in [4.78, 5) is 20.7. The standard InChI is InChI=1S/C18H15N5OS2/c1-11-2-7-14-15(8-11)26-17(22-14)12-3-5-13(6-4-12)21-16(24)9-25-18-19-10-20-23-18/h2-8,10H,9H2,1H3,(H,21,24)(H,19,20,23). The van der Waals surface area contributed by atoms with Crippen LogP contribution in [0.1, 0.15) is 5.56 Å². The fraction of sp³-hybridized carbons (Fsp3) is 0.111. The molecule has 2 heterocycles. The van der Waals surface area contributed by atoms with Gasteiger partial charge in [0.25, 0.3) is 0 Å². The molecule has 0 bridgehead atoms. The molecule has 1 amide bonds. The van der Waals surface area contributed by atoms with Gasteiger partial charge in [-0.2, -0.15) is 5.10 Å². The van der Waals surface area contributed by atoms with E-state index in [1.54, 1.807) is 11.3 Å². The van der Waals surface area contributed by atoms with Crippen molar-refractivity contribution < 1.29 is 4.79 Å². The Hall–Kier alpha value is -2.71. The average molecular weight is 381 g/mol. The van der Waals surface area contributed by atoms with Crippen LogP contribution in [0.2, 0.25) is 0 Å². The van der Waals surface area contributed by atoms with E-state index < -0.39 is 0 Å². The predicted octanol–water partition coefficient (Wildman–Crippen LogP) is 4.12. The molecule has 130 valence electrons. The van der Waals surface area contributed by atoms with E-state index in [-0.39, 0.29) is 11.7 Å². The molecule has 0 radical (unpaired) electrons. The van der Waals surface area contributed by atoms with Crippen LogP contribution in [0.3, 0.4) is 0 Å². The van der Waals surface area contributed by atoms with Gasteiger partial charge in [0.05, 0.1) is 16.0 Å². The van der Waals surface area contributed by atoms with Crippen molar-refractivity contribution in [3.63, 3.8) is 0 Å². The molecule has 0 aliphatic rings. The molecule has 26 heavy (non-hydrogen) atoms. The molecule has 0 unspecified atom stereocenters. The van der Waals surface area contributed by atoms with Crippen LogP contribution in [0.4, 0.5) is 5.69 Å². The number of aromatic nitrogens is 4. The quantitative estimate of drug-likeness (QED) is 0.508. The maximum Gasteiger partial charge on any atom is 0.234 e. The van der Waals surface area contributed by atoms with Gasteiger partial charge in [-0.15, -0.1) is 11.3 Å². The second kappa shape index (κ2) is 7.27. The summed E-state index contributed by atoms with van der Waals surface area (Å²) in [6.45, 7) is 2.08. The van der Waals surface area contributed by atoms with Crippen molar-refractivity contribution in [1.82, 2.24) is 20.2 Å². The van der Waals surface area contributed by atoms with Crippen LogP contribution >= 0.6 is 23.1 Å². The van der Waals surface area contributed by atoms with Crippen LogP contribution < -0.4 is 5.32 Å². The van der Waals surface area contributed by atoms with Crippen LogP contribution in [0.15, 0.2) is 53.9 Å². The maximum absolute atomic E-state index is 12.0. The molecule has 2 N–H and O–H groups in total. The Morgan fingerprint density at radius 3 is 2.85 bits per heavy atom. The zero-order valence-electron chi connectivity index (χ0n) is 13.9. The van der Waals surface area contributed by atoms with Crippen molar-refractivity contribution in [2.24, 2.45) is 0 Å². The first-order valence-electron chi connectivity index (χ1n) is 7.93. The predicted molar refractivity (Wildman–Crippen MR) is 106 cm³/mol. The molecule has 0 atom stereocenters. The highest BCUT2D eigenvalue weighted by Crippen LogP contribution is 2.31. The Morgan fingerprint density at radius 1 is 1.23 bits per heavy atom. The minimum absolute atomic E-state index is 0.0883. The number of anilines is 1. The summed E-state index contributed by atoms with van der Waals surface area (Å²) in [5, 5.41) is 10.9. The summed E-state index contributed by atoms with van der Waals surface area (Å²) >= 11 is 2.98. The second-order valence-corrected chi connectivity index (χ2v) is 7.69. The number of fused-ring (bicyclic) bond motifs is 1. The lowest BCUT2D eigenvalue weighted by Gasteiger charge is -2.05. The minimum Gasteiger partial charge on any atom is -0.325 e. The van der Waals surface area contributed by atoms with Gasteiger partial charge in [-0.1, -0.05) is 17.8 Å². The van der Waals surface area contributed by atoms with Crippen LogP contribution in [-0.4, -0.2) is 31.8 Å². The smallest absolute Gasteiger partial charge is 0.234 e. The van der Waals surface area contributed by atoms with Crippen molar-refractivity contribution in [3.8, 4) is 10.6 Å². The van der Waals surface area contributed by atoms with Gasteiger partial charge in [0.1, 0.15) is 11.3 Å². The molecule has 0 aliphatic carbocycles. The number of aryl methyl sites for hydroxylation is 1. The Labute approximate surface area is 158 Å². The zero-order chi connectivity index (χ0) is 17.9. The number of benzene rings is 2. The number of thioether (sulfide) groups is 1. The number of thiazole rings is 1. The first kappa shape index (κ1) is 16.7. The Morgan fingerprint density at radius 2 is 2.08 bits per heavy atom. The van der Waals surface area contributed by atoms with Crippen molar-refractivity contribution in [2.75, 3.05) is 11.1 Å². The molecule has 0 saturated carbocycles. The lowest BCUT2D eigenvalue weighted by atomic mass is 10.2. The molecule has 2 aromatic heterocycles. The number of H-pyrrole nitrogens is 1. The van der Waals surface area contributed by atoms with Crippen LogP contribution in [0.5, 0.6) is 0 Å². The van der Waals surface area contributed by atoms with Gasteiger partial charge in [0.2, 0.25) is 5.91 Å². The van der Waals surface area contributed by atoms with Gasteiger partial charge >= 0.3 is 0 Å². The molecule has 4 rings (SSSR count). The largest absolute Gasteiger partial charge is 0.325 e. The molecular weight excluding hydrogens is 366 g/mol. The lowest BCUT2D eigenvalue weighted by Crippen LogP contribution is -2.14. The fourth-order valence-electron chi connectivity index (χ4n) is 2.45. The number of aromatic amines is 1. The van der Waals surface area contributed by atoms with Crippen LogP contribution in [-0.2, 0) is 4.79 Å². The van der Waals surface area contributed by atoms with E-state index in [1.165, 1.54) is 28.4 Å². The van der Waals surface area contributed by atoms with E-state index in [4.69, 9.17) is 0 Å². The molecule has 0 aliphatic heterocycles.